The normalized spacial score (nSPS) is 32.8. The molecule has 1 saturated heterocycles. The molecule has 3 nitrogen and oxygen atoms in total. The van der Waals surface area contributed by atoms with E-state index in [2.05, 4.69) is 0 Å². The standard InChI is InChI=1S/C7H13NO2S/c8-3-6-1-7(2-6)4-11(9,10)5-7/h6H,1-5,8H2. The molecule has 11 heavy (non-hydrogen) atoms. The maximum atomic E-state index is 10.9. The fraction of sp³-hybridized carbons (Fsp3) is 1.00. The minimum atomic E-state index is -2.62. The smallest absolute Gasteiger partial charge is 0.151 e. The Bertz CT molecular complexity index is 250. The van der Waals surface area contributed by atoms with Gasteiger partial charge in [0.2, 0.25) is 0 Å². The highest BCUT2D eigenvalue weighted by atomic mass is 32.2. The molecule has 1 spiro atoms. The first-order chi connectivity index (χ1) is 5.05. The summed E-state index contributed by atoms with van der Waals surface area (Å²) in [4.78, 5) is 0. The second-order valence-electron chi connectivity index (χ2n) is 4.04. The van der Waals surface area contributed by atoms with Crippen LogP contribution in [-0.4, -0.2) is 26.5 Å². The van der Waals surface area contributed by atoms with E-state index < -0.39 is 9.84 Å². The van der Waals surface area contributed by atoms with Crippen molar-refractivity contribution in [1.82, 2.24) is 0 Å². The molecule has 0 aromatic carbocycles. The molecule has 0 atom stereocenters. The molecule has 4 heteroatoms. The van der Waals surface area contributed by atoms with Crippen LogP contribution in [0.2, 0.25) is 0 Å². The zero-order chi connectivity index (χ0) is 8.11. The Balaban J connectivity index is 1.93. The summed E-state index contributed by atoms with van der Waals surface area (Å²) >= 11 is 0. The summed E-state index contributed by atoms with van der Waals surface area (Å²) in [6.07, 6.45) is 2.09. The highest BCUT2D eigenvalue weighted by Gasteiger charge is 2.55. The lowest BCUT2D eigenvalue weighted by Crippen LogP contribution is -2.57. The van der Waals surface area contributed by atoms with E-state index in [0.29, 0.717) is 17.4 Å². The third-order valence-electron chi connectivity index (χ3n) is 2.83. The van der Waals surface area contributed by atoms with Crippen molar-refractivity contribution < 1.29 is 8.42 Å². The van der Waals surface area contributed by atoms with E-state index >= 15 is 0 Å². The van der Waals surface area contributed by atoms with Crippen molar-refractivity contribution in [2.45, 2.75) is 12.8 Å². The van der Waals surface area contributed by atoms with Crippen LogP contribution in [0.1, 0.15) is 12.8 Å². The van der Waals surface area contributed by atoms with Crippen molar-refractivity contribution in [2.24, 2.45) is 17.1 Å². The molecular formula is C7H13NO2S. The molecule has 0 amide bonds. The number of rotatable bonds is 1. The number of hydrogen-bond donors (Lipinski definition) is 1. The van der Waals surface area contributed by atoms with E-state index in [4.69, 9.17) is 5.73 Å². The summed E-state index contributed by atoms with van der Waals surface area (Å²) in [5.41, 5.74) is 5.64. The molecular weight excluding hydrogens is 162 g/mol. The predicted octanol–water partition coefficient (Wildman–Crippen LogP) is -0.230. The summed E-state index contributed by atoms with van der Waals surface area (Å²) in [6, 6.07) is 0. The zero-order valence-electron chi connectivity index (χ0n) is 6.41. The molecule has 0 bridgehead atoms. The van der Waals surface area contributed by atoms with Crippen molar-refractivity contribution in [1.29, 1.82) is 0 Å². The molecule has 2 rings (SSSR count). The number of hydrogen-bond acceptors (Lipinski definition) is 3. The second kappa shape index (κ2) is 1.98. The van der Waals surface area contributed by atoms with Gasteiger partial charge in [0.05, 0.1) is 11.5 Å². The number of nitrogens with two attached hydrogens (primary N) is 1. The first-order valence-corrected chi connectivity index (χ1v) is 5.78. The quantitative estimate of drug-likeness (QED) is 0.599. The Morgan fingerprint density at radius 2 is 1.91 bits per heavy atom. The Hall–Kier alpha value is -0.0900. The Labute approximate surface area is 66.9 Å². The first kappa shape index (κ1) is 7.55. The van der Waals surface area contributed by atoms with E-state index in [9.17, 15) is 8.42 Å². The van der Waals surface area contributed by atoms with Crippen LogP contribution in [0.3, 0.4) is 0 Å². The van der Waals surface area contributed by atoms with E-state index in [-0.39, 0.29) is 5.41 Å². The van der Waals surface area contributed by atoms with Crippen LogP contribution in [0.5, 0.6) is 0 Å². The predicted molar refractivity (Wildman–Crippen MR) is 42.9 cm³/mol. The van der Waals surface area contributed by atoms with Crippen LogP contribution in [0.25, 0.3) is 0 Å². The zero-order valence-corrected chi connectivity index (χ0v) is 7.23. The largest absolute Gasteiger partial charge is 0.330 e. The second-order valence-corrected chi connectivity index (χ2v) is 6.11. The van der Waals surface area contributed by atoms with Crippen LogP contribution in [-0.2, 0) is 9.84 Å². The monoisotopic (exact) mass is 175 g/mol. The molecule has 1 heterocycles. The Morgan fingerprint density at radius 3 is 2.27 bits per heavy atom. The van der Waals surface area contributed by atoms with Crippen molar-refractivity contribution in [3.8, 4) is 0 Å². The minimum Gasteiger partial charge on any atom is -0.330 e. The topological polar surface area (TPSA) is 60.2 Å². The summed E-state index contributed by atoms with van der Waals surface area (Å²) in [7, 11) is -2.62. The molecule has 64 valence electrons. The Morgan fingerprint density at radius 1 is 1.36 bits per heavy atom. The van der Waals surface area contributed by atoms with E-state index in [1.165, 1.54) is 0 Å². The molecule has 2 fully saturated rings. The van der Waals surface area contributed by atoms with Crippen molar-refractivity contribution >= 4 is 9.84 Å². The van der Waals surface area contributed by atoms with Gasteiger partial charge in [0.25, 0.3) is 0 Å². The van der Waals surface area contributed by atoms with Gasteiger partial charge >= 0.3 is 0 Å². The van der Waals surface area contributed by atoms with Gasteiger partial charge in [0.1, 0.15) is 0 Å². The Kier molecular flexibility index (Phi) is 1.36. The summed E-state index contributed by atoms with van der Waals surface area (Å²) in [5, 5.41) is 0. The third-order valence-corrected chi connectivity index (χ3v) is 4.93. The van der Waals surface area contributed by atoms with Gasteiger partial charge in [0, 0.05) is 0 Å². The molecule has 1 aliphatic heterocycles. The van der Waals surface area contributed by atoms with Gasteiger partial charge in [-0.2, -0.15) is 0 Å². The molecule has 2 aliphatic rings. The third kappa shape index (κ3) is 1.08. The molecule has 0 aromatic heterocycles. The maximum absolute atomic E-state index is 10.9. The summed E-state index contributed by atoms with van der Waals surface area (Å²) in [6.45, 7) is 0.724. The van der Waals surface area contributed by atoms with Crippen LogP contribution < -0.4 is 5.73 Å². The highest BCUT2D eigenvalue weighted by Crippen LogP contribution is 2.52. The van der Waals surface area contributed by atoms with Gasteiger partial charge in [-0.05, 0) is 30.7 Å². The first-order valence-electron chi connectivity index (χ1n) is 3.96. The van der Waals surface area contributed by atoms with Crippen LogP contribution >= 0.6 is 0 Å². The fourth-order valence-corrected chi connectivity index (χ4v) is 4.71. The maximum Gasteiger partial charge on any atom is 0.151 e. The number of sulfone groups is 1. The molecule has 0 aromatic rings. The van der Waals surface area contributed by atoms with Crippen molar-refractivity contribution in [3.63, 3.8) is 0 Å². The lowest BCUT2D eigenvalue weighted by Gasteiger charge is -2.52. The van der Waals surface area contributed by atoms with Gasteiger partial charge in [0.15, 0.2) is 9.84 Å². The molecule has 1 aliphatic carbocycles. The van der Waals surface area contributed by atoms with Gasteiger partial charge in [-0.15, -0.1) is 0 Å². The van der Waals surface area contributed by atoms with Gasteiger partial charge in [-0.3, -0.25) is 0 Å². The minimum absolute atomic E-state index is 0.183. The van der Waals surface area contributed by atoms with Gasteiger partial charge in [-0.1, -0.05) is 0 Å². The lowest BCUT2D eigenvalue weighted by atomic mass is 9.64. The van der Waals surface area contributed by atoms with E-state index in [1.54, 1.807) is 0 Å². The van der Waals surface area contributed by atoms with Crippen molar-refractivity contribution in [2.75, 3.05) is 18.1 Å². The molecule has 0 radical (unpaired) electrons. The SMILES string of the molecule is NCC1CC2(C1)CS(=O)(=O)C2. The van der Waals surface area contributed by atoms with Gasteiger partial charge in [-0.25, -0.2) is 8.42 Å². The highest BCUT2D eigenvalue weighted by molar-refractivity contribution is 7.92. The summed E-state index contributed by atoms with van der Waals surface area (Å²) in [5.74, 6) is 1.46. The summed E-state index contributed by atoms with van der Waals surface area (Å²) < 4.78 is 21.7. The van der Waals surface area contributed by atoms with E-state index in [0.717, 1.165) is 19.4 Å². The lowest BCUT2D eigenvalue weighted by molar-refractivity contribution is 0.0928. The fourth-order valence-electron chi connectivity index (χ4n) is 2.46. The molecule has 0 unspecified atom stereocenters. The van der Waals surface area contributed by atoms with Crippen LogP contribution in [0, 0.1) is 11.3 Å². The van der Waals surface area contributed by atoms with E-state index in [1.807, 2.05) is 0 Å². The average Bonchev–Trinajstić information content (AvgIpc) is 1.75. The average molecular weight is 175 g/mol. The van der Waals surface area contributed by atoms with Crippen LogP contribution in [0.15, 0.2) is 0 Å². The van der Waals surface area contributed by atoms with Crippen molar-refractivity contribution in [3.05, 3.63) is 0 Å². The van der Waals surface area contributed by atoms with Crippen LogP contribution in [0.4, 0.5) is 0 Å². The molecule has 2 N–H and O–H groups in total. The van der Waals surface area contributed by atoms with Gasteiger partial charge < -0.3 is 5.73 Å². The molecule has 1 saturated carbocycles.